The molecule has 2 rings (SSSR count). The number of carbonyl (C=O) groups excluding carboxylic acids is 3. The molecule has 10 heteroatoms. The van der Waals surface area contributed by atoms with E-state index in [4.69, 9.17) is 4.74 Å². The number of amides is 4. The minimum Gasteiger partial charge on any atom is -0.444 e. The van der Waals surface area contributed by atoms with E-state index in [0.717, 1.165) is 0 Å². The summed E-state index contributed by atoms with van der Waals surface area (Å²) in [5.74, 6) is -0.341. The van der Waals surface area contributed by atoms with Gasteiger partial charge in [0.15, 0.2) is 0 Å². The van der Waals surface area contributed by atoms with E-state index < -0.39 is 23.8 Å². The third-order valence-corrected chi connectivity index (χ3v) is 4.46. The SMILES string of the molecule is CC[C@H](C)[C@H](NC(=O)OC(C)(C)C)C(=O)N1CCCN1C(=O)Nc1ncccn1. The number of anilines is 1. The van der Waals surface area contributed by atoms with Gasteiger partial charge in [0.2, 0.25) is 5.95 Å². The van der Waals surface area contributed by atoms with E-state index in [2.05, 4.69) is 20.6 Å². The minimum atomic E-state index is -0.809. The summed E-state index contributed by atoms with van der Waals surface area (Å²) >= 11 is 0. The predicted molar refractivity (Wildman–Crippen MR) is 107 cm³/mol. The molecular weight excluding hydrogens is 376 g/mol. The van der Waals surface area contributed by atoms with Gasteiger partial charge in [-0.25, -0.2) is 29.6 Å². The van der Waals surface area contributed by atoms with E-state index in [1.807, 2.05) is 13.8 Å². The lowest BCUT2D eigenvalue weighted by Crippen LogP contribution is -2.56. The van der Waals surface area contributed by atoms with Crippen molar-refractivity contribution >= 4 is 24.0 Å². The molecule has 2 atom stereocenters. The molecule has 160 valence electrons. The molecular formula is C19H30N6O4. The highest BCUT2D eigenvalue weighted by Crippen LogP contribution is 2.19. The maximum Gasteiger partial charge on any atom is 0.408 e. The Labute approximate surface area is 171 Å². The molecule has 1 aromatic heterocycles. The Morgan fingerprint density at radius 2 is 1.79 bits per heavy atom. The lowest BCUT2D eigenvalue weighted by molar-refractivity contribution is -0.143. The second-order valence-corrected chi connectivity index (χ2v) is 7.95. The van der Waals surface area contributed by atoms with Crippen molar-refractivity contribution in [2.45, 2.75) is 59.1 Å². The molecule has 0 saturated carbocycles. The van der Waals surface area contributed by atoms with Crippen molar-refractivity contribution in [2.75, 3.05) is 18.4 Å². The van der Waals surface area contributed by atoms with Gasteiger partial charge in [-0.2, -0.15) is 0 Å². The van der Waals surface area contributed by atoms with Crippen LogP contribution in [0.1, 0.15) is 47.5 Å². The summed E-state index contributed by atoms with van der Waals surface area (Å²) in [6.45, 7) is 9.83. The Balaban J connectivity index is 2.11. The van der Waals surface area contributed by atoms with Crippen LogP contribution >= 0.6 is 0 Å². The van der Waals surface area contributed by atoms with Gasteiger partial charge in [-0.1, -0.05) is 20.3 Å². The molecule has 0 aromatic carbocycles. The zero-order chi connectivity index (χ0) is 21.6. The highest BCUT2D eigenvalue weighted by atomic mass is 16.6. The molecule has 1 aromatic rings. The fourth-order valence-corrected chi connectivity index (χ4v) is 2.85. The summed E-state index contributed by atoms with van der Waals surface area (Å²) in [7, 11) is 0. The normalized spacial score (nSPS) is 16.2. The highest BCUT2D eigenvalue weighted by molar-refractivity contribution is 5.92. The minimum absolute atomic E-state index is 0.141. The van der Waals surface area contributed by atoms with Crippen LogP contribution in [0.25, 0.3) is 0 Å². The van der Waals surface area contributed by atoms with Crippen LogP contribution in [-0.4, -0.2) is 62.7 Å². The van der Waals surface area contributed by atoms with Crippen LogP contribution in [0.2, 0.25) is 0 Å². The second kappa shape index (κ2) is 9.53. The highest BCUT2D eigenvalue weighted by Gasteiger charge is 2.38. The van der Waals surface area contributed by atoms with E-state index in [0.29, 0.717) is 25.9 Å². The van der Waals surface area contributed by atoms with Gasteiger partial charge in [-0.15, -0.1) is 0 Å². The van der Waals surface area contributed by atoms with Crippen LogP contribution in [-0.2, 0) is 9.53 Å². The topological polar surface area (TPSA) is 117 Å². The quantitative estimate of drug-likeness (QED) is 0.775. The summed E-state index contributed by atoms with van der Waals surface area (Å²) in [5, 5.41) is 7.95. The second-order valence-electron chi connectivity index (χ2n) is 7.95. The van der Waals surface area contributed by atoms with Gasteiger partial charge in [-0.3, -0.25) is 10.1 Å². The number of hydrazine groups is 1. The third kappa shape index (κ3) is 6.30. The number of hydrogen-bond acceptors (Lipinski definition) is 6. The average molecular weight is 406 g/mol. The number of rotatable bonds is 5. The number of ether oxygens (including phenoxy) is 1. The fraction of sp³-hybridized carbons (Fsp3) is 0.632. The molecule has 0 bridgehead atoms. The van der Waals surface area contributed by atoms with Crippen molar-refractivity contribution in [3.05, 3.63) is 18.5 Å². The third-order valence-electron chi connectivity index (χ3n) is 4.46. The largest absolute Gasteiger partial charge is 0.444 e. The standard InChI is InChI=1S/C19H30N6O4/c1-6-13(2)14(22-18(28)29-19(3,4)5)15(26)24-11-8-12-25(24)17(27)23-16-20-9-7-10-21-16/h7,9-10,13-14H,6,8,11-12H2,1-5H3,(H,22,28)(H,20,21,23,27)/t13-,14-/m0/s1. The van der Waals surface area contributed by atoms with Crippen molar-refractivity contribution in [3.63, 3.8) is 0 Å². The van der Waals surface area contributed by atoms with E-state index in [1.165, 1.54) is 22.4 Å². The maximum atomic E-state index is 13.2. The summed E-state index contributed by atoms with van der Waals surface area (Å²) in [6.07, 6.45) is 3.67. The smallest absolute Gasteiger partial charge is 0.408 e. The Hall–Kier alpha value is -2.91. The molecule has 1 aliphatic rings. The molecule has 4 amide bonds. The molecule has 0 unspecified atom stereocenters. The monoisotopic (exact) mass is 406 g/mol. The molecule has 2 N–H and O–H groups in total. The number of nitrogens with one attached hydrogen (secondary N) is 2. The Bertz CT molecular complexity index is 721. The van der Waals surface area contributed by atoms with Crippen LogP contribution in [0.15, 0.2) is 18.5 Å². The molecule has 2 heterocycles. The van der Waals surface area contributed by atoms with E-state index in [1.54, 1.807) is 26.8 Å². The zero-order valence-corrected chi connectivity index (χ0v) is 17.6. The van der Waals surface area contributed by atoms with E-state index >= 15 is 0 Å². The van der Waals surface area contributed by atoms with Crippen LogP contribution in [0, 0.1) is 5.92 Å². The van der Waals surface area contributed by atoms with Gasteiger partial charge in [-0.05, 0) is 39.2 Å². The van der Waals surface area contributed by atoms with Gasteiger partial charge in [0.05, 0.1) is 0 Å². The number of alkyl carbamates (subject to hydrolysis) is 1. The summed E-state index contributed by atoms with van der Waals surface area (Å²) in [5.41, 5.74) is -0.678. The average Bonchev–Trinajstić information content (AvgIpc) is 3.14. The first kappa shape index (κ1) is 22.4. The molecule has 1 fully saturated rings. The van der Waals surface area contributed by atoms with Gasteiger partial charge < -0.3 is 10.1 Å². The molecule has 29 heavy (non-hydrogen) atoms. The van der Waals surface area contributed by atoms with E-state index in [9.17, 15) is 14.4 Å². The number of nitrogens with zero attached hydrogens (tertiary/aromatic N) is 4. The molecule has 0 spiro atoms. The lowest BCUT2D eigenvalue weighted by Gasteiger charge is -2.33. The van der Waals surface area contributed by atoms with Crippen molar-refractivity contribution in [3.8, 4) is 0 Å². The van der Waals surface area contributed by atoms with Gasteiger partial charge in [0.25, 0.3) is 5.91 Å². The summed E-state index contributed by atoms with van der Waals surface area (Å²) in [6, 6.07) is 0.332. The van der Waals surface area contributed by atoms with Crippen LogP contribution in [0.4, 0.5) is 15.5 Å². The first-order valence-corrected chi connectivity index (χ1v) is 9.78. The number of urea groups is 1. The van der Waals surface area contributed by atoms with Gasteiger partial charge >= 0.3 is 12.1 Å². The van der Waals surface area contributed by atoms with Crippen molar-refractivity contribution in [1.82, 2.24) is 25.3 Å². The van der Waals surface area contributed by atoms with Crippen LogP contribution < -0.4 is 10.6 Å². The Kier molecular flexibility index (Phi) is 7.35. The van der Waals surface area contributed by atoms with Crippen molar-refractivity contribution in [1.29, 1.82) is 0 Å². The van der Waals surface area contributed by atoms with Crippen molar-refractivity contribution < 1.29 is 19.1 Å². The lowest BCUT2D eigenvalue weighted by atomic mass is 9.98. The fourth-order valence-electron chi connectivity index (χ4n) is 2.85. The molecule has 1 saturated heterocycles. The first-order chi connectivity index (χ1) is 13.6. The number of carbonyl (C=O) groups is 3. The van der Waals surface area contributed by atoms with E-state index in [-0.39, 0.29) is 17.8 Å². The van der Waals surface area contributed by atoms with Crippen molar-refractivity contribution in [2.24, 2.45) is 5.92 Å². The number of hydrogen-bond donors (Lipinski definition) is 2. The first-order valence-electron chi connectivity index (χ1n) is 9.78. The number of aromatic nitrogens is 2. The van der Waals surface area contributed by atoms with Crippen LogP contribution in [0.3, 0.4) is 0 Å². The van der Waals surface area contributed by atoms with Gasteiger partial charge in [0, 0.05) is 25.5 Å². The summed E-state index contributed by atoms with van der Waals surface area (Å²) in [4.78, 5) is 46.0. The Morgan fingerprint density at radius 1 is 1.17 bits per heavy atom. The molecule has 10 nitrogen and oxygen atoms in total. The summed E-state index contributed by atoms with van der Waals surface area (Å²) < 4.78 is 5.30. The van der Waals surface area contributed by atoms with Crippen LogP contribution in [0.5, 0.6) is 0 Å². The van der Waals surface area contributed by atoms with Gasteiger partial charge in [0.1, 0.15) is 11.6 Å². The Morgan fingerprint density at radius 3 is 2.38 bits per heavy atom. The molecule has 1 aliphatic heterocycles. The maximum absolute atomic E-state index is 13.2. The molecule has 0 radical (unpaired) electrons. The zero-order valence-electron chi connectivity index (χ0n) is 17.6. The predicted octanol–water partition coefficient (Wildman–Crippen LogP) is 2.40. The molecule has 0 aliphatic carbocycles.